The van der Waals surface area contributed by atoms with Crippen molar-refractivity contribution >= 4 is 23.9 Å². The van der Waals surface area contributed by atoms with Gasteiger partial charge in [0.25, 0.3) is 0 Å². The summed E-state index contributed by atoms with van der Waals surface area (Å²) in [5.74, 6) is -8.59. The van der Waals surface area contributed by atoms with Gasteiger partial charge in [-0.3, -0.25) is 0 Å². The number of ether oxygens (including phenoxy) is 12. The molecule has 384 valence electrons. The third-order valence-corrected chi connectivity index (χ3v) is 13.4. The van der Waals surface area contributed by atoms with Gasteiger partial charge in [0.2, 0.25) is 23.1 Å². The third-order valence-electron chi connectivity index (χ3n) is 13.4. The molecule has 0 aliphatic carbocycles. The molecular formula is C56H64O16. The smallest absolute Gasteiger partial charge is 0.338 e. The first-order chi connectivity index (χ1) is 34.0. The summed E-state index contributed by atoms with van der Waals surface area (Å²) < 4.78 is 74.8. The van der Waals surface area contributed by atoms with Gasteiger partial charge in [-0.25, -0.2) is 19.2 Å². The van der Waals surface area contributed by atoms with E-state index < -0.39 is 47.0 Å². The van der Waals surface area contributed by atoms with E-state index in [1.165, 1.54) is 24.3 Å². The van der Waals surface area contributed by atoms with Gasteiger partial charge in [-0.2, -0.15) is 0 Å². The molecule has 15 rings (SSSR count). The fourth-order valence-electron chi connectivity index (χ4n) is 8.58. The first kappa shape index (κ1) is 51.3. The van der Waals surface area contributed by atoms with Crippen molar-refractivity contribution in [1.82, 2.24) is 0 Å². The van der Waals surface area contributed by atoms with E-state index in [1.807, 2.05) is 55.4 Å². The molecule has 4 aromatic rings. The van der Waals surface area contributed by atoms with Crippen molar-refractivity contribution in [2.45, 2.75) is 78.5 Å². The van der Waals surface area contributed by atoms with Gasteiger partial charge < -0.3 is 56.8 Å². The molecule has 72 heavy (non-hydrogen) atoms. The van der Waals surface area contributed by atoms with Crippen molar-refractivity contribution in [3.8, 4) is 0 Å². The maximum atomic E-state index is 13.8. The van der Waals surface area contributed by atoms with Crippen LogP contribution in [0, 0.1) is 21.7 Å². The van der Waals surface area contributed by atoms with Crippen molar-refractivity contribution in [2.75, 3.05) is 79.3 Å². The molecule has 0 saturated carbocycles. The van der Waals surface area contributed by atoms with Crippen LogP contribution in [0.1, 0.15) is 119 Å². The zero-order valence-electron chi connectivity index (χ0n) is 42.3. The van der Waals surface area contributed by atoms with Crippen LogP contribution in [0.4, 0.5) is 0 Å². The van der Waals surface area contributed by atoms with Crippen LogP contribution >= 0.6 is 0 Å². The van der Waals surface area contributed by atoms with Gasteiger partial charge in [0.15, 0.2) is 26.4 Å². The highest BCUT2D eigenvalue weighted by Gasteiger charge is 2.48. The molecule has 4 aromatic carbocycles. The number of rotatable bonds is 0. The van der Waals surface area contributed by atoms with Crippen molar-refractivity contribution in [2.24, 2.45) is 21.7 Å². The Morgan fingerprint density at radius 1 is 0.250 bits per heavy atom. The zero-order chi connectivity index (χ0) is 51.2. The van der Waals surface area contributed by atoms with Crippen molar-refractivity contribution in [3.63, 3.8) is 0 Å². The molecule has 0 N–H and O–H groups in total. The minimum atomic E-state index is -1.50. The molecule has 4 fully saturated rings. The van der Waals surface area contributed by atoms with Crippen LogP contribution < -0.4 is 0 Å². The van der Waals surface area contributed by atoms with E-state index in [9.17, 15) is 19.2 Å². The summed E-state index contributed by atoms with van der Waals surface area (Å²) >= 11 is 0. The van der Waals surface area contributed by atoms with Gasteiger partial charge in [-0.15, -0.1) is 0 Å². The summed E-state index contributed by atoms with van der Waals surface area (Å²) in [5.41, 5.74) is 1.66. The van der Waals surface area contributed by atoms with Crippen LogP contribution in [0.25, 0.3) is 0 Å². The third kappa shape index (κ3) is 10.9. The standard InChI is InChI=1S/C56H64O16/c1-49(2)25-65-53(66-26-49)33-61-45(57)37-9-11-38(12-10-37)46(58)62-35-55(69-29-51(5,6)30-70-55)43-21-23-44(24-22-43)56(71-31-52(7,8)32-72-56)36-64-48(60)40-15-19-42(20-16-40)54(67-27-50(3,4)28-68-54)34-63-47(59)39-13-17-41(53)18-14-39/h9-24H,25-36H2,1-8H3. The summed E-state index contributed by atoms with van der Waals surface area (Å²) in [6.45, 7) is 17.2. The number of carbonyl (C=O) groups is 4. The fourth-order valence-corrected chi connectivity index (χ4v) is 8.58. The normalized spacial score (nSPS) is 24.4. The first-order valence-corrected chi connectivity index (χ1v) is 24.3. The van der Waals surface area contributed by atoms with Crippen LogP contribution in [0.15, 0.2) is 97.1 Å². The molecule has 0 unspecified atom stereocenters. The quantitative estimate of drug-likeness (QED) is 0.121. The molecule has 16 nitrogen and oxygen atoms in total. The summed E-state index contributed by atoms with van der Waals surface area (Å²) in [6.07, 6.45) is 0. The lowest BCUT2D eigenvalue weighted by Gasteiger charge is -2.44. The molecule has 4 spiro atoms. The molecule has 16 heteroatoms. The zero-order valence-corrected chi connectivity index (χ0v) is 42.3. The number of esters is 4. The molecule has 11 heterocycles. The van der Waals surface area contributed by atoms with Gasteiger partial charge in [-0.05, 0) is 48.5 Å². The van der Waals surface area contributed by atoms with Gasteiger partial charge in [0.1, 0.15) is 0 Å². The van der Waals surface area contributed by atoms with Crippen LogP contribution in [0.5, 0.6) is 0 Å². The van der Waals surface area contributed by atoms with E-state index in [2.05, 4.69) is 0 Å². The first-order valence-electron chi connectivity index (χ1n) is 24.3. The Bertz CT molecular complexity index is 2590. The molecule has 11 aliphatic rings. The van der Waals surface area contributed by atoms with Crippen LogP contribution in [0.3, 0.4) is 0 Å². The largest absolute Gasteiger partial charge is 0.456 e. The second kappa shape index (κ2) is 19.4. The Balaban J connectivity index is 1.04. The monoisotopic (exact) mass is 992 g/mol. The Hall–Kier alpha value is -5.56. The van der Waals surface area contributed by atoms with Crippen molar-refractivity contribution in [3.05, 3.63) is 142 Å². The summed E-state index contributed by atoms with van der Waals surface area (Å²) in [7, 11) is 0. The van der Waals surface area contributed by atoms with Crippen molar-refractivity contribution < 1.29 is 76.0 Å². The number of carbonyl (C=O) groups excluding carboxylic acids is 4. The maximum absolute atomic E-state index is 13.8. The van der Waals surface area contributed by atoms with E-state index in [1.54, 1.807) is 72.8 Å². The summed E-state index contributed by atoms with van der Waals surface area (Å²) in [5, 5.41) is 0. The molecule has 11 aliphatic heterocycles. The Morgan fingerprint density at radius 2 is 0.403 bits per heavy atom. The highest BCUT2D eigenvalue weighted by atomic mass is 16.7. The maximum Gasteiger partial charge on any atom is 0.338 e. The fraction of sp³-hybridized carbons (Fsp3) is 0.500. The second-order valence-corrected chi connectivity index (χ2v) is 22.6. The van der Waals surface area contributed by atoms with Crippen LogP contribution in [-0.4, -0.2) is 103 Å². The van der Waals surface area contributed by atoms with E-state index in [4.69, 9.17) is 56.8 Å². The molecular weight excluding hydrogens is 929 g/mol. The average Bonchev–Trinajstić information content (AvgIpc) is 3.37. The summed E-state index contributed by atoms with van der Waals surface area (Å²) in [6, 6.07) is 26.1. The Morgan fingerprint density at radius 3 is 0.583 bits per heavy atom. The lowest BCUT2D eigenvalue weighted by molar-refractivity contribution is -0.321. The molecule has 0 amide bonds. The Kier molecular flexibility index (Phi) is 13.8. The minimum Gasteiger partial charge on any atom is -0.456 e. The van der Waals surface area contributed by atoms with Crippen LogP contribution in [0.2, 0.25) is 0 Å². The lowest BCUT2D eigenvalue weighted by Crippen LogP contribution is -2.49. The number of benzene rings is 4. The Labute approximate surface area is 419 Å². The van der Waals surface area contributed by atoms with E-state index >= 15 is 0 Å². The predicted octanol–water partition coefficient (Wildman–Crippen LogP) is 8.33. The van der Waals surface area contributed by atoms with Gasteiger partial charge in [0.05, 0.1) is 75.1 Å². The van der Waals surface area contributed by atoms with E-state index in [0.717, 1.165) is 0 Å². The van der Waals surface area contributed by atoms with E-state index in [-0.39, 0.29) is 83.6 Å². The topological polar surface area (TPSA) is 179 Å². The molecule has 8 bridgehead atoms. The highest BCUT2D eigenvalue weighted by Crippen LogP contribution is 2.43. The predicted molar refractivity (Wildman–Crippen MR) is 256 cm³/mol. The molecule has 0 aromatic heterocycles. The number of hydrogen-bond donors (Lipinski definition) is 0. The van der Waals surface area contributed by atoms with Crippen LogP contribution in [-0.2, 0) is 80.0 Å². The summed E-state index contributed by atoms with van der Waals surface area (Å²) in [4.78, 5) is 54.8. The second-order valence-electron chi connectivity index (χ2n) is 22.6. The molecule has 0 radical (unpaired) electrons. The van der Waals surface area contributed by atoms with Gasteiger partial charge in [-0.1, -0.05) is 104 Å². The SMILES string of the molecule is CC1(C)COC2(COC(=O)c3ccc(cc3)C(=O)OCC3(OCC(C)(C)CO3)c3ccc(cc3)C3(COC(=O)c4ccc(cc4)C4(COC(=O)c5ccc2cc5)OCC(C)(C)CO4)OCC(C)(C)CO3)OC1. The minimum absolute atomic E-state index is 0.171. The van der Waals surface area contributed by atoms with Gasteiger partial charge in [0, 0.05) is 43.9 Å². The number of hydrogen-bond acceptors (Lipinski definition) is 16. The lowest BCUT2D eigenvalue weighted by atomic mass is 9.92. The van der Waals surface area contributed by atoms with Crippen molar-refractivity contribution in [1.29, 1.82) is 0 Å². The van der Waals surface area contributed by atoms with E-state index in [0.29, 0.717) is 61.9 Å². The highest BCUT2D eigenvalue weighted by molar-refractivity contribution is 5.93. The average molecular weight is 993 g/mol. The molecule has 4 saturated heterocycles. The van der Waals surface area contributed by atoms with Gasteiger partial charge >= 0.3 is 23.9 Å². The molecule has 0 atom stereocenters.